The fourth-order valence-corrected chi connectivity index (χ4v) is 1.29. The van der Waals surface area contributed by atoms with Gasteiger partial charge in [-0.25, -0.2) is 0 Å². The summed E-state index contributed by atoms with van der Waals surface area (Å²) in [5.74, 6) is 0.557. The number of allylic oxidation sites excluding steroid dienone is 2. The Bertz CT molecular complexity index is 147. The van der Waals surface area contributed by atoms with Crippen LogP contribution in [0.1, 0.15) is 46.5 Å². The molecule has 0 N–H and O–H groups in total. The maximum absolute atomic E-state index is 10.3. The highest BCUT2D eigenvalue weighted by molar-refractivity contribution is 5.72. The summed E-state index contributed by atoms with van der Waals surface area (Å²) in [6, 6.07) is 0. The van der Waals surface area contributed by atoms with Gasteiger partial charge in [0, 0.05) is 0 Å². The lowest BCUT2D eigenvalue weighted by molar-refractivity contribution is -0.104. The highest BCUT2D eigenvalue weighted by Crippen LogP contribution is 2.11. The molecule has 0 amide bonds. The van der Waals surface area contributed by atoms with Crippen molar-refractivity contribution in [1.29, 1.82) is 0 Å². The minimum atomic E-state index is 0.557. The number of hydrogen-bond donors (Lipinski definition) is 0. The number of carbonyl (C=O) groups excluding carboxylic acids is 1. The van der Waals surface area contributed by atoms with Crippen LogP contribution in [0, 0.1) is 5.92 Å². The molecule has 0 spiro atoms. The van der Waals surface area contributed by atoms with Crippen LogP contribution in [-0.2, 0) is 4.79 Å². The molecule has 1 atom stereocenters. The van der Waals surface area contributed by atoms with E-state index in [0.717, 1.165) is 11.9 Å². The molecule has 1 nitrogen and oxygen atoms in total. The van der Waals surface area contributed by atoms with E-state index < -0.39 is 0 Å². The molecule has 0 aliphatic heterocycles. The Morgan fingerprint density at radius 3 is 2.58 bits per heavy atom. The Kier molecular flexibility index (Phi) is 6.73. The lowest BCUT2D eigenvalue weighted by Crippen LogP contribution is -1.91. The normalized spacial score (nSPS) is 14.4. The second-order valence-electron chi connectivity index (χ2n) is 3.50. The van der Waals surface area contributed by atoms with E-state index in [1.165, 1.54) is 25.7 Å². The largest absolute Gasteiger partial charge is 0.298 e. The molecule has 0 fully saturated rings. The summed E-state index contributed by atoms with van der Waals surface area (Å²) in [5, 5.41) is 0. The molecule has 0 aliphatic rings. The molecule has 0 rings (SSSR count). The van der Waals surface area contributed by atoms with Crippen LogP contribution in [-0.4, -0.2) is 6.29 Å². The van der Waals surface area contributed by atoms with Crippen molar-refractivity contribution in [1.82, 2.24) is 0 Å². The van der Waals surface area contributed by atoms with E-state index in [4.69, 9.17) is 0 Å². The number of rotatable bonds is 6. The van der Waals surface area contributed by atoms with E-state index in [-0.39, 0.29) is 0 Å². The fraction of sp³-hybridized carbons (Fsp3) is 0.727. The Morgan fingerprint density at radius 2 is 2.08 bits per heavy atom. The van der Waals surface area contributed by atoms with E-state index >= 15 is 0 Å². The first-order valence-corrected chi connectivity index (χ1v) is 4.84. The zero-order valence-electron chi connectivity index (χ0n) is 8.47. The minimum Gasteiger partial charge on any atom is -0.298 e. The van der Waals surface area contributed by atoms with Gasteiger partial charge in [-0.1, -0.05) is 39.2 Å². The molecule has 0 aromatic rings. The van der Waals surface area contributed by atoms with Crippen molar-refractivity contribution in [3.8, 4) is 0 Å². The van der Waals surface area contributed by atoms with Gasteiger partial charge in [0.15, 0.2) is 0 Å². The second-order valence-corrected chi connectivity index (χ2v) is 3.50. The molecule has 0 aliphatic carbocycles. The smallest absolute Gasteiger partial charge is 0.145 e. The number of unbranched alkanes of at least 4 members (excludes halogenated alkanes) is 2. The van der Waals surface area contributed by atoms with E-state index in [0.29, 0.717) is 5.92 Å². The molecule has 0 heterocycles. The molecule has 1 heteroatoms. The van der Waals surface area contributed by atoms with Gasteiger partial charge in [-0.2, -0.15) is 0 Å². The van der Waals surface area contributed by atoms with Crippen LogP contribution >= 0.6 is 0 Å². The zero-order valence-corrected chi connectivity index (χ0v) is 8.47. The van der Waals surface area contributed by atoms with Gasteiger partial charge in [-0.3, -0.25) is 4.79 Å². The lowest BCUT2D eigenvalue weighted by atomic mass is 10.0. The zero-order chi connectivity index (χ0) is 9.40. The Hall–Kier alpha value is -0.590. The summed E-state index contributed by atoms with van der Waals surface area (Å²) in [7, 11) is 0. The molecule has 1 unspecified atom stereocenters. The van der Waals surface area contributed by atoms with Crippen molar-refractivity contribution in [3.63, 3.8) is 0 Å². The van der Waals surface area contributed by atoms with E-state index in [1.54, 1.807) is 0 Å². The SMILES string of the molecule is CCCCCC(C)C=C(C)C=O. The van der Waals surface area contributed by atoms with E-state index in [2.05, 4.69) is 19.9 Å². The number of aldehydes is 1. The van der Waals surface area contributed by atoms with Crippen molar-refractivity contribution in [2.75, 3.05) is 0 Å². The minimum absolute atomic E-state index is 0.557. The third-order valence-electron chi connectivity index (χ3n) is 2.00. The van der Waals surface area contributed by atoms with E-state index in [1.807, 2.05) is 6.92 Å². The molecule has 0 aromatic heterocycles. The van der Waals surface area contributed by atoms with Gasteiger partial charge in [0.2, 0.25) is 0 Å². The highest BCUT2D eigenvalue weighted by atomic mass is 16.1. The third kappa shape index (κ3) is 6.14. The van der Waals surface area contributed by atoms with Crippen LogP contribution in [0.15, 0.2) is 11.6 Å². The topological polar surface area (TPSA) is 17.1 Å². The monoisotopic (exact) mass is 168 g/mol. The lowest BCUT2D eigenvalue weighted by Gasteiger charge is -2.05. The predicted octanol–water partition coefficient (Wildman–Crippen LogP) is 3.35. The molecule has 0 bridgehead atoms. The van der Waals surface area contributed by atoms with Crippen LogP contribution in [0.25, 0.3) is 0 Å². The van der Waals surface area contributed by atoms with Crippen LogP contribution in [0.4, 0.5) is 0 Å². The highest BCUT2D eigenvalue weighted by Gasteiger charge is 1.97. The average molecular weight is 168 g/mol. The van der Waals surface area contributed by atoms with Gasteiger partial charge in [-0.05, 0) is 24.8 Å². The number of carbonyl (C=O) groups is 1. The predicted molar refractivity (Wildman–Crippen MR) is 53.1 cm³/mol. The molecular weight excluding hydrogens is 148 g/mol. The van der Waals surface area contributed by atoms with E-state index in [9.17, 15) is 4.79 Å². The summed E-state index contributed by atoms with van der Waals surface area (Å²) in [5.41, 5.74) is 0.860. The molecule has 0 saturated carbocycles. The molecule has 12 heavy (non-hydrogen) atoms. The summed E-state index contributed by atoms with van der Waals surface area (Å²) in [4.78, 5) is 10.3. The first-order chi connectivity index (χ1) is 5.70. The molecule has 0 aromatic carbocycles. The molecular formula is C11H20O. The standard InChI is InChI=1S/C11H20O/c1-4-5-6-7-10(2)8-11(3)9-12/h8-10H,4-7H2,1-3H3. The quantitative estimate of drug-likeness (QED) is 0.338. The summed E-state index contributed by atoms with van der Waals surface area (Å²) >= 11 is 0. The Labute approximate surface area is 75.9 Å². The maximum atomic E-state index is 10.3. The van der Waals surface area contributed by atoms with Crippen LogP contribution < -0.4 is 0 Å². The Morgan fingerprint density at radius 1 is 1.42 bits per heavy atom. The summed E-state index contributed by atoms with van der Waals surface area (Å²) in [6.07, 6.45) is 8.04. The second kappa shape index (κ2) is 7.08. The van der Waals surface area contributed by atoms with Gasteiger partial charge in [0.1, 0.15) is 6.29 Å². The summed E-state index contributed by atoms with van der Waals surface area (Å²) in [6.45, 7) is 6.24. The van der Waals surface area contributed by atoms with Crippen LogP contribution in [0.3, 0.4) is 0 Å². The van der Waals surface area contributed by atoms with Crippen molar-refractivity contribution in [2.24, 2.45) is 5.92 Å². The Balaban J connectivity index is 3.58. The van der Waals surface area contributed by atoms with Gasteiger partial charge in [0.25, 0.3) is 0 Å². The first-order valence-electron chi connectivity index (χ1n) is 4.84. The van der Waals surface area contributed by atoms with Crippen LogP contribution in [0.5, 0.6) is 0 Å². The third-order valence-corrected chi connectivity index (χ3v) is 2.00. The number of hydrogen-bond acceptors (Lipinski definition) is 1. The molecule has 70 valence electrons. The van der Waals surface area contributed by atoms with Gasteiger partial charge in [0.05, 0.1) is 0 Å². The molecule has 0 radical (unpaired) electrons. The maximum Gasteiger partial charge on any atom is 0.145 e. The fourth-order valence-electron chi connectivity index (χ4n) is 1.29. The van der Waals surface area contributed by atoms with Crippen LogP contribution in [0.2, 0.25) is 0 Å². The van der Waals surface area contributed by atoms with Crippen molar-refractivity contribution in [2.45, 2.75) is 46.5 Å². The first kappa shape index (κ1) is 11.4. The van der Waals surface area contributed by atoms with Gasteiger partial charge in [-0.15, -0.1) is 0 Å². The molecule has 0 saturated heterocycles. The summed E-state index contributed by atoms with van der Waals surface area (Å²) < 4.78 is 0. The van der Waals surface area contributed by atoms with Gasteiger partial charge >= 0.3 is 0 Å². The van der Waals surface area contributed by atoms with Crippen molar-refractivity contribution >= 4 is 6.29 Å². The van der Waals surface area contributed by atoms with Gasteiger partial charge < -0.3 is 0 Å². The van der Waals surface area contributed by atoms with Crippen molar-refractivity contribution < 1.29 is 4.79 Å². The van der Waals surface area contributed by atoms with Crippen molar-refractivity contribution in [3.05, 3.63) is 11.6 Å². The average Bonchev–Trinajstić information content (AvgIpc) is 2.05.